The summed E-state index contributed by atoms with van der Waals surface area (Å²) in [4.78, 5) is 16.2. The summed E-state index contributed by atoms with van der Waals surface area (Å²) >= 11 is 11.9. The van der Waals surface area contributed by atoms with Crippen molar-refractivity contribution in [3.63, 3.8) is 0 Å². The number of aryl methyl sites for hydroxylation is 1. The molecule has 1 aliphatic heterocycles. The van der Waals surface area contributed by atoms with Crippen LogP contribution in [0.15, 0.2) is 39.6 Å². The van der Waals surface area contributed by atoms with E-state index in [4.69, 9.17) is 27.6 Å². The number of piperazine rings is 1. The molecule has 0 saturated carbocycles. The molecule has 3 rings (SSSR count). The highest BCUT2D eigenvalue weighted by Gasteiger charge is 2.26. The number of benzene rings is 1. The summed E-state index contributed by atoms with van der Waals surface area (Å²) in [5, 5.41) is 0.502. The SMILES string of the molecule is Cc1ccc(C(=O)N2CCN(CCS(=O)(=O)c3cc(Cl)ccc3Cl)CC2)o1. The van der Waals surface area contributed by atoms with Gasteiger partial charge in [0.25, 0.3) is 5.91 Å². The fraction of sp³-hybridized carbons (Fsp3) is 0.389. The van der Waals surface area contributed by atoms with Crippen LogP contribution in [0, 0.1) is 6.92 Å². The van der Waals surface area contributed by atoms with Gasteiger partial charge in [-0.25, -0.2) is 8.42 Å². The Labute approximate surface area is 168 Å². The molecule has 2 heterocycles. The van der Waals surface area contributed by atoms with Crippen molar-refractivity contribution in [2.75, 3.05) is 38.5 Å². The lowest BCUT2D eigenvalue weighted by molar-refractivity contribution is 0.0611. The number of hydrogen-bond acceptors (Lipinski definition) is 5. The van der Waals surface area contributed by atoms with Crippen molar-refractivity contribution in [2.45, 2.75) is 11.8 Å². The summed E-state index contributed by atoms with van der Waals surface area (Å²) in [6.45, 7) is 4.41. The Balaban J connectivity index is 1.55. The zero-order valence-corrected chi connectivity index (χ0v) is 17.1. The maximum absolute atomic E-state index is 12.6. The highest BCUT2D eigenvalue weighted by molar-refractivity contribution is 7.91. The molecule has 146 valence electrons. The lowest BCUT2D eigenvalue weighted by Crippen LogP contribution is -2.49. The molecule has 27 heavy (non-hydrogen) atoms. The molecule has 1 aromatic carbocycles. The molecule has 0 N–H and O–H groups in total. The molecule has 0 atom stereocenters. The first-order chi connectivity index (χ1) is 12.8. The van der Waals surface area contributed by atoms with Gasteiger partial charge in [-0.1, -0.05) is 23.2 Å². The van der Waals surface area contributed by atoms with Crippen LogP contribution in [0.25, 0.3) is 0 Å². The summed E-state index contributed by atoms with van der Waals surface area (Å²) in [6.07, 6.45) is 0. The standard InChI is InChI=1S/C18H20Cl2N2O4S/c1-13-2-5-16(26-13)18(23)22-8-6-21(7-9-22)10-11-27(24,25)17-12-14(19)3-4-15(17)20/h2-5,12H,6-11H2,1H3. The monoisotopic (exact) mass is 430 g/mol. The highest BCUT2D eigenvalue weighted by atomic mass is 35.5. The second-order valence-electron chi connectivity index (χ2n) is 6.44. The molecule has 9 heteroatoms. The van der Waals surface area contributed by atoms with Gasteiger partial charge in [0.05, 0.1) is 15.7 Å². The van der Waals surface area contributed by atoms with Crippen LogP contribution >= 0.6 is 23.2 Å². The molecule has 6 nitrogen and oxygen atoms in total. The molecule has 1 aliphatic rings. The fourth-order valence-electron chi connectivity index (χ4n) is 2.95. The zero-order valence-electron chi connectivity index (χ0n) is 14.8. The van der Waals surface area contributed by atoms with E-state index in [0.29, 0.717) is 49.3 Å². The van der Waals surface area contributed by atoms with Gasteiger partial charge in [-0.05, 0) is 37.3 Å². The molecule has 0 spiro atoms. The molecular formula is C18H20Cl2N2O4S. The lowest BCUT2D eigenvalue weighted by atomic mass is 10.3. The maximum Gasteiger partial charge on any atom is 0.289 e. The topological polar surface area (TPSA) is 70.8 Å². The van der Waals surface area contributed by atoms with Crippen molar-refractivity contribution in [1.82, 2.24) is 9.80 Å². The van der Waals surface area contributed by atoms with Crippen LogP contribution in [0.2, 0.25) is 10.0 Å². The third kappa shape index (κ3) is 4.85. The zero-order chi connectivity index (χ0) is 19.6. The van der Waals surface area contributed by atoms with E-state index in [1.54, 1.807) is 30.0 Å². The van der Waals surface area contributed by atoms with Gasteiger partial charge >= 0.3 is 0 Å². The van der Waals surface area contributed by atoms with Gasteiger partial charge in [0, 0.05) is 37.7 Å². The smallest absolute Gasteiger partial charge is 0.289 e. The number of amides is 1. The van der Waals surface area contributed by atoms with Crippen molar-refractivity contribution in [1.29, 1.82) is 0 Å². The first kappa shape index (κ1) is 20.2. The van der Waals surface area contributed by atoms with Gasteiger partial charge in [-0.15, -0.1) is 0 Å². The van der Waals surface area contributed by atoms with Crippen molar-refractivity contribution >= 4 is 38.9 Å². The molecule has 1 saturated heterocycles. The van der Waals surface area contributed by atoms with E-state index in [1.807, 2.05) is 4.90 Å². The van der Waals surface area contributed by atoms with Crippen LogP contribution in [-0.4, -0.2) is 62.6 Å². The van der Waals surface area contributed by atoms with Crippen LogP contribution < -0.4 is 0 Å². The number of rotatable bonds is 5. The summed E-state index contributed by atoms with van der Waals surface area (Å²) in [5.74, 6) is 0.834. The molecule has 0 radical (unpaired) electrons. The van der Waals surface area contributed by atoms with E-state index in [-0.39, 0.29) is 21.6 Å². The Morgan fingerprint density at radius 2 is 1.81 bits per heavy atom. The molecule has 0 unspecified atom stereocenters. The van der Waals surface area contributed by atoms with E-state index in [2.05, 4.69) is 0 Å². The van der Waals surface area contributed by atoms with Crippen molar-refractivity contribution < 1.29 is 17.6 Å². The fourth-order valence-corrected chi connectivity index (χ4v) is 5.05. The van der Waals surface area contributed by atoms with E-state index in [1.165, 1.54) is 12.1 Å². The second-order valence-corrected chi connectivity index (χ2v) is 9.36. The number of furan rings is 1. The number of nitrogens with zero attached hydrogens (tertiary/aromatic N) is 2. The van der Waals surface area contributed by atoms with Gasteiger partial charge in [-0.3, -0.25) is 9.69 Å². The molecule has 1 aromatic heterocycles. The highest BCUT2D eigenvalue weighted by Crippen LogP contribution is 2.26. The summed E-state index contributed by atoms with van der Waals surface area (Å²) < 4.78 is 30.5. The maximum atomic E-state index is 12.6. The Kier molecular flexibility index (Phi) is 6.15. The van der Waals surface area contributed by atoms with Crippen LogP contribution in [0.4, 0.5) is 0 Å². The van der Waals surface area contributed by atoms with Crippen LogP contribution in [0.5, 0.6) is 0 Å². The number of halogens is 2. The molecular weight excluding hydrogens is 411 g/mol. The van der Waals surface area contributed by atoms with Gasteiger partial charge < -0.3 is 9.32 Å². The van der Waals surface area contributed by atoms with Crippen LogP contribution in [0.1, 0.15) is 16.3 Å². The summed E-state index contributed by atoms with van der Waals surface area (Å²) in [5.41, 5.74) is 0. The minimum Gasteiger partial charge on any atom is -0.456 e. The number of hydrogen-bond donors (Lipinski definition) is 0. The number of carbonyl (C=O) groups excluding carboxylic acids is 1. The normalized spacial score (nSPS) is 15.9. The lowest BCUT2D eigenvalue weighted by Gasteiger charge is -2.34. The Morgan fingerprint density at radius 3 is 2.44 bits per heavy atom. The van der Waals surface area contributed by atoms with Gasteiger partial charge in [0.15, 0.2) is 15.6 Å². The first-order valence-electron chi connectivity index (χ1n) is 8.52. The van der Waals surface area contributed by atoms with Crippen LogP contribution in [-0.2, 0) is 9.84 Å². The average molecular weight is 431 g/mol. The van der Waals surface area contributed by atoms with Gasteiger partial charge in [0.2, 0.25) is 0 Å². The third-order valence-electron chi connectivity index (χ3n) is 4.52. The number of sulfone groups is 1. The average Bonchev–Trinajstić information content (AvgIpc) is 3.08. The Bertz CT molecular complexity index is 935. The first-order valence-corrected chi connectivity index (χ1v) is 10.9. The second kappa shape index (κ2) is 8.22. The van der Waals surface area contributed by atoms with Crippen molar-refractivity contribution in [3.8, 4) is 0 Å². The molecule has 1 amide bonds. The minimum absolute atomic E-state index is 0.0543. The van der Waals surface area contributed by atoms with E-state index >= 15 is 0 Å². The third-order valence-corrected chi connectivity index (χ3v) is 6.92. The molecule has 0 aliphatic carbocycles. The van der Waals surface area contributed by atoms with E-state index in [0.717, 1.165) is 0 Å². The Hall–Kier alpha value is -1.54. The molecule has 1 fully saturated rings. The summed E-state index contributed by atoms with van der Waals surface area (Å²) in [7, 11) is -3.54. The Morgan fingerprint density at radius 1 is 1.11 bits per heavy atom. The quantitative estimate of drug-likeness (QED) is 0.728. The van der Waals surface area contributed by atoms with Gasteiger partial charge in [0.1, 0.15) is 5.76 Å². The molecule has 0 bridgehead atoms. The summed E-state index contributed by atoms with van der Waals surface area (Å²) in [6, 6.07) is 7.85. The van der Waals surface area contributed by atoms with Crippen molar-refractivity contribution in [2.24, 2.45) is 0 Å². The molecule has 2 aromatic rings. The number of carbonyl (C=O) groups is 1. The van der Waals surface area contributed by atoms with Crippen molar-refractivity contribution in [3.05, 3.63) is 51.9 Å². The van der Waals surface area contributed by atoms with Crippen LogP contribution in [0.3, 0.4) is 0 Å². The largest absolute Gasteiger partial charge is 0.456 e. The minimum atomic E-state index is -3.54. The predicted octanol–water partition coefficient (Wildman–Crippen LogP) is 3.13. The predicted molar refractivity (Wildman–Crippen MR) is 104 cm³/mol. The van der Waals surface area contributed by atoms with Gasteiger partial charge in [-0.2, -0.15) is 0 Å². The van der Waals surface area contributed by atoms with E-state index in [9.17, 15) is 13.2 Å². The van der Waals surface area contributed by atoms with E-state index < -0.39 is 9.84 Å².